The Kier molecular flexibility index (Phi) is 8.03. The Morgan fingerprint density at radius 1 is 1.00 bits per heavy atom. The third-order valence-corrected chi connectivity index (χ3v) is 12.7. The van der Waals surface area contributed by atoms with Gasteiger partial charge in [-0.25, -0.2) is 0 Å². The van der Waals surface area contributed by atoms with Crippen LogP contribution in [0, 0.1) is 0 Å². The zero-order chi connectivity index (χ0) is 20.2. The summed E-state index contributed by atoms with van der Waals surface area (Å²) in [7, 11) is -1.88. The van der Waals surface area contributed by atoms with Gasteiger partial charge in [-0.2, -0.15) is 0 Å². The standard InChI is InChI=1S/C22H38O3SSi/c1-16(2)27(17(3)4,18(5)6)23-15-19-14-21(25-22(7,8)24-19)26-20-12-10-9-11-13-20/h9-13,16-19,21H,14-15H2,1-8H3/t19-,21?/m0/s1. The molecule has 5 heteroatoms. The SMILES string of the molecule is CC(C)[Si](OC[C@@H]1CC(Sc2ccccc2)OC(C)(C)O1)(C(C)C)C(C)C. The van der Waals surface area contributed by atoms with Crippen molar-refractivity contribution >= 4 is 20.1 Å². The van der Waals surface area contributed by atoms with Crippen LogP contribution in [0.5, 0.6) is 0 Å². The van der Waals surface area contributed by atoms with Gasteiger partial charge in [-0.1, -0.05) is 71.5 Å². The van der Waals surface area contributed by atoms with Crippen LogP contribution in [0.2, 0.25) is 16.6 Å². The average Bonchev–Trinajstić information content (AvgIpc) is 2.53. The molecule has 0 N–H and O–H groups in total. The second-order valence-electron chi connectivity index (χ2n) is 8.98. The minimum absolute atomic E-state index is 0.0677. The summed E-state index contributed by atoms with van der Waals surface area (Å²) < 4.78 is 19.2. The molecule has 1 unspecified atom stereocenters. The third kappa shape index (κ3) is 5.83. The van der Waals surface area contributed by atoms with E-state index in [4.69, 9.17) is 13.9 Å². The maximum atomic E-state index is 6.79. The van der Waals surface area contributed by atoms with Crippen molar-refractivity contribution < 1.29 is 13.9 Å². The molecule has 1 fully saturated rings. The van der Waals surface area contributed by atoms with Crippen LogP contribution in [0.1, 0.15) is 61.8 Å². The molecule has 2 rings (SSSR count). The molecule has 0 radical (unpaired) electrons. The van der Waals surface area contributed by atoms with Gasteiger partial charge in [0.15, 0.2) is 14.1 Å². The minimum Gasteiger partial charge on any atom is -0.413 e. The molecular formula is C22H38O3SSi. The second kappa shape index (κ2) is 9.44. The van der Waals surface area contributed by atoms with Gasteiger partial charge in [-0.15, -0.1) is 0 Å². The first-order valence-corrected chi connectivity index (χ1v) is 13.3. The van der Waals surface area contributed by atoms with Crippen molar-refractivity contribution in [3.63, 3.8) is 0 Å². The molecule has 0 saturated carbocycles. The van der Waals surface area contributed by atoms with Crippen LogP contribution < -0.4 is 0 Å². The van der Waals surface area contributed by atoms with Gasteiger partial charge in [-0.3, -0.25) is 0 Å². The van der Waals surface area contributed by atoms with Crippen molar-refractivity contribution in [1.29, 1.82) is 0 Å². The second-order valence-corrected chi connectivity index (χ2v) is 15.7. The van der Waals surface area contributed by atoms with E-state index >= 15 is 0 Å². The molecule has 1 saturated heterocycles. The molecule has 2 atom stereocenters. The highest BCUT2D eigenvalue weighted by Gasteiger charge is 2.46. The summed E-state index contributed by atoms with van der Waals surface area (Å²) in [5, 5.41) is 0. The molecule has 0 spiro atoms. The predicted molar refractivity (Wildman–Crippen MR) is 118 cm³/mol. The fourth-order valence-electron chi connectivity index (χ4n) is 4.62. The van der Waals surface area contributed by atoms with Gasteiger partial charge >= 0.3 is 0 Å². The molecule has 0 amide bonds. The lowest BCUT2D eigenvalue weighted by Crippen LogP contribution is -2.51. The van der Waals surface area contributed by atoms with Gasteiger partial charge < -0.3 is 13.9 Å². The van der Waals surface area contributed by atoms with Crippen LogP contribution in [0.3, 0.4) is 0 Å². The van der Waals surface area contributed by atoms with Crippen molar-refractivity contribution in [2.75, 3.05) is 6.61 Å². The van der Waals surface area contributed by atoms with Gasteiger partial charge in [-0.05, 0) is 42.6 Å². The van der Waals surface area contributed by atoms with E-state index in [9.17, 15) is 0 Å². The van der Waals surface area contributed by atoms with Crippen LogP contribution in [0.25, 0.3) is 0 Å². The Morgan fingerprint density at radius 2 is 1.56 bits per heavy atom. The Bertz CT molecular complexity index is 552. The summed E-state index contributed by atoms with van der Waals surface area (Å²) in [6, 6.07) is 10.5. The molecule has 1 aromatic carbocycles. The lowest BCUT2D eigenvalue weighted by atomic mass is 10.2. The Balaban J connectivity index is 2.08. The molecule has 27 heavy (non-hydrogen) atoms. The molecule has 154 valence electrons. The van der Waals surface area contributed by atoms with E-state index in [0.717, 1.165) is 6.42 Å². The zero-order valence-electron chi connectivity index (χ0n) is 18.3. The number of benzene rings is 1. The minimum atomic E-state index is -1.88. The van der Waals surface area contributed by atoms with Crippen LogP contribution in [-0.4, -0.2) is 32.3 Å². The van der Waals surface area contributed by atoms with Gasteiger partial charge in [0.2, 0.25) is 0 Å². The molecular weight excluding hydrogens is 372 g/mol. The molecule has 1 aliphatic heterocycles. The molecule has 0 aromatic heterocycles. The molecule has 0 bridgehead atoms. The maximum absolute atomic E-state index is 6.79. The molecule has 3 nitrogen and oxygen atoms in total. The molecule has 1 aromatic rings. The first-order chi connectivity index (χ1) is 12.6. The lowest BCUT2D eigenvalue weighted by molar-refractivity contribution is -0.285. The van der Waals surface area contributed by atoms with E-state index in [1.807, 2.05) is 19.9 Å². The van der Waals surface area contributed by atoms with Gasteiger partial charge in [0, 0.05) is 11.3 Å². The van der Waals surface area contributed by atoms with E-state index in [2.05, 4.69) is 65.8 Å². The topological polar surface area (TPSA) is 27.7 Å². The smallest absolute Gasteiger partial charge is 0.200 e. The van der Waals surface area contributed by atoms with Crippen LogP contribution in [-0.2, 0) is 13.9 Å². The number of hydrogen-bond acceptors (Lipinski definition) is 4. The van der Waals surface area contributed by atoms with Crippen molar-refractivity contribution in [2.24, 2.45) is 0 Å². The summed E-state index contributed by atoms with van der Waals surface area (Å²) in [5.41, 5.74) is 1.83. The third-order valence-electron chi connectivity index (χ3n) is 5.56. The lowest BCUT2D eigenvalue weighted by Gasteiger charge is -2.45. The number of hydrogen-bond donors (Lipinski definition) is 0. The summed E-state index contributed by atoms with van der Waals surface area (Å²) in [6.07, 6.45) is 0.917. The van der Waals surface area contributed by atoms with Gasteiger partial charge in [0.1, 0.15) is 5.44 Å². The summed E-state index contributed by atoms with van der Waals surface area (Å²) in [6.45, 7) is 18.7. The normalized spacial score (nSPS) is 23.4. The van der Waals surface area contributed by atoms with Crippen molar-refractivity contribution in [1.82, 2.24) is 0 Å². The largest absolute Gasteiger partial charge is 0.413 e. The number of thioether (sulfide) groups is 1. The Labute approximate surface area is 171 Å². The number of rotatable bonds is 8. The van der Waals surface area contributed by atoms with Crippen molar-refractivity contribution in [2.45, 2.75) is 101 Å². The summed E-state index contributed by atoms with van der Waals surface area (Å²) in [4.78, 5) is 1.23. The molecule has 1 heterocycles. The Hall–Kier alpha value is -0.333. The fourth-order valence-corrected chi connectivity index (χ4v) is 11.3. The van der Waals surface area contributed by atoms with Gasteiger partial charge in [0.05, 0.1) is 12.7 Å². The number of ether oxygens (including phenoxy) is 2. The van der Waals surface area contributed by atoms with Crippen molar-refractivity contribution in [3.8, 4) is 0 Å². The highest BCUT2D eigenvalue weighted by atomic mass is 32.2. The van der Waals surface area contributed by atoms with Crippen LogP contribution in [0.4, 0.5) is 0 Å². The van der Waals surface area contributed by atoms with Crippen molar-refractivity contribution in [3.05, 3.63) is 30.3 Å². The maximum Gasteiger partial charge on any atom is 0.200 e. The predicted octanol–water partition coefficient (Wildman–Crippen LogP) is 6.84. The summed E-state index contributed by atoms with van der Waals surface area (Å²) in [5.74, 6) is -0.587. The highest BCUT2D eigenvalue weighted by Crippen LogP contribution is 2.43. The monoisotopic (exact) mass is 410 g/mol. The quantitative estimate of drug-likeness (QED) is 0.439. The molecule has 1 aliphatic rings. The van der Waals surface area contributed by atoms with E-state index in [0.29, 0.717) is 23.2 Å². The van der Waals surface area contributed by atoms with Crippen LogP contribution in [0.15, 0.2) is 35.2 Å². The first kappa shape index (κ1) is 23.0. The van der Waals surface area contributed by atoms with E-state index < -0.39 is 14.1 Å². The van der Waals surface area contributed by atoms with Crippen LogP contribution >= 0.6 is 11.8 Å². The van der Waals surface area contributed by atoms with E-state index in [1.54, 1.807) is 11.8 Å². The van der Waals surface area contributed by atoms with Gasteiger partial charge in [0.25, 0.3) is 0 Å². The molecule has 0 aliphatic carbocycles. The van der Waals surface area contributed by atoms with E-state index in [-0.39, 0.29) is 11.5 Å². The first-order valence-electron chi connectivity index (χ1n) is 10.3. The average molecular weight is 411 g/mol. The summed E-state index contributed by atoms with van der Waals surface area (Å²) >= 11 is 1.78. The fraction of sp³-hybridized carbons (Fsp3) is 0.727. The highest BCUT2D eigenvalue weighted by molar-refractivity contribution is 7.99. The van der Waals surface area contributed by atoms with E-state index in [1.165, 1.54) is 4.90 Å². The Morgan fingerprint density at radius 3 is 2.07 bits per heavy atom. The zero-order valence-corrected chi connectivity index (χ0v) is 20.1.